The van der Waals surface area contributed by atoms with Gasteiger partial charge < -0.3 is 0 Å². The summed E-state index contributed by atoms with van der Waals surface area (Å²) in [5, 5.41) is 0. The van der Waals surface area contributed by atoms with Crippen molar-refractivity contribution in [3.63, 3.8) is 0 Å². The van der Waals surface area contributed by atoms with Gasteiger partial charge in [-0.15, -0.1) is 0 Å². The number of nitrogens with one attached hydrogen (secondary N) is 2. The van der Waals surface area contributed by atoms with E-state index in [1.165, 1.54) is 30.7 Å². The Morgan fingerprint density at radius 1 is 1.24 bits per heavy atom. The van der Waals surface area contributed by atoms with Crippen LogP contribution in [0.1, 0.15) is 10.5 Å². The lowest BCUT2D eigenvalue weighted by Gasteiger charge is -2.08. The lowest BCUT2D eigenvalue weighted by atomic mass is 10.3. The van der Waals surface area contributed by atoms with E-state index in [2.05, 4.69) is 20.8 Å². The minimum Gasteiger partial charge on any atom is -0.295 e. The first kappa shape index (κ1) is 11.0. The number of hydrazine groups is 1. The molecule has 0 radical (unpaired) electrons. The van der Waals surface area contributed by atoms with Crippen LogP contribution in [0.2, 0.25) is 0 Å². The highest BCUT2D eigenvalue weighted by atomic mass is 19.1. The van der Waals surface area contributed by atoms with Gasteiger partial charge in [0.2, 0.25) is 0 Å². The van der Waals surface area contributed by atoms with Crippen LogP contribution < -0.4 is 10.9 Å². The first-order chi connectivity index (χ1) is 8.27. The van der Waals surface area contributed by atoms with E-state index < -0.39 is 11.7 Å². The maximum atomic E-state index is 13.2. The predicted molar refractivity (Wildman–Crippen MR) is 59.5 cm³/mol. The van der Waals surface area contributed by atoms with Gasteiger partial charge in [-0.25, -0.2) is 9.37 Å². The number of carbonyl (C=O) groups excluding carboxylic acids is 1. The van der Waals surface area contributed by atoms with Gasteiger partial charge in [0.15, 0.2) is 0 Å². The first-order valence-electron chi connectivity index (χ1n) is 4.84. The Hall–Kier alpha value is -2.50. The van der Waals surface area contributed by atoms with Crippen LogP contribution in [-0.2, 0) is 0 Å². The van der Waals surface area contributed by atoms with Crippen LogP contribution in [0.15, 0.2) is 42.9 Å². The minimum atomic E-state index is -0.485. The Morgan fingerprint density at radius 2 is 2.06 bits per heavy atom. The Balaban J connectivity index is 2.00. The normalized spacial score (nSPS) is 9.71. The van der Waals surface area contributed by atoms with Crippen molar-refractivity contribution in [3.05, 3.63) is 54.4 Å². The van der Waals surface area contributed by atoms with E-state index in [1.54, 1.807) is 12.1 Å². The summed E-state index contributed by atoms with van der Waals surface area (Å²) in [5.74, 6) is -0.937. The smallest absolute Gasteiger partial charge is 0.289 e. The number of amides is 1. The molecule has 0 bridgehead atoms. The molecule has 0 spiro atoms. The molecule has 0 aliphatic rings. The molecule has 1 amide bonds. The fourth-order valence-electron chi connectivity index (χ4n) is 1.17. The van der Waals surface area contributed by atoms with Crippen LogP contribution in [0.3, 0.4) is 0 Å². The number of aromatic nitrogens is 2. The van der Waals surface area contributed by atoms with E-state index in [4.69, 9.17) is 0 Å². The number of anilines is 1. The highest BCUT2D eigenvalue weighted by Gasteiger charge is 2.07. The Morgan fingerprint density at radius 3 is 2.76 bits per heavy atom. The molecule has 2 N–H and O–H groups in total. The summed E-state index contributed by atoms with van der Waals surface area (Å²) in [4.78, 5) is 19.1. The van der Waals surface area contributed by atoms with Gasteiger partial charge in [-0.05, 0) is 12.1 Å². The molecule has 5 nitrogen and oxygen atoms in total. The summed E-state index contributed by atoms with van der Waals surface area (Å²) in [6.07, 6.45) is 4.18. The molecule has 86 valence electrons. The van der Waals surface area contributed by atoms with Crippen molar-refractivity contribution >= 4 is 11.6 Å². The molecule has 1 aromatic carbocycles. The van der Waals surface area contributed by atoms with E-state index in [9.17, 15) is 9.18 Å². The van der Waals surface area contributed by atoms with Crippen molar-refractivity contribution in [2.45, 2.75) is 0 Å². The highest BCUT2D eigenvalue weighted by Crippen LogP contribution is 2.10. The first-order valence-corrected chi connectivity index (χ1v) is 4.84. The number of carbonyl (C=O) groups is 1. The molecule has 17 heavy (non-hydrogen) atoms. The topological polar surface area (TPSA) is 66.9 Å². The molecular formula is C11H9FN4O. The number of hydrogen-bond acceptors (Lipinski definition) is 4. The summed E-state index contributed by atoms with van der Waals surface area (Å²) in [6, 6.07) is 6.01. The van der Waals surface area contributed by atoms with Gasteiger partial charge in [0.1, 0.15) is 11.5 Å². The largest absolute Gasteiger partial charge is 0.295 e. The fourth-order valence-corrected chi connectivity index (χ4v) is 1.17. The van der Waals surface area contributed by atoms with Crippen molar-refractivity contribution < 1.29 is 9.18 Å². The predicted octanol–water partition coefficient (Wildman–Crippen LogP) is 1.37. The number of para-hydroxylation sites is 1. The van der Waals surface area contributed by atoms with Crippen LogP contribution in [0, 0.1) is 5.82 Å². The van der Waals surface area contributed by atoms with Gasteiger partial charge in [0.05, 0.1) is 11.9 Å². The Bertz CT molecular complexity index is 518. The van der Waals surface area contributed by atoms with Gasteiger partial charge in [0, 0.05) is 12.4 Å². The average Bonchev–Trinajstić information content (AvgIpc) is 2.38. The summed E-state index contributed by atoms with van der Waals surface area (Å²) < 4.78 is 13.2. The van der Waals surface area contributed by atoms with E-state index >= 15 is 0 Å². The monoisotopic (exact) mass is 232 g/mol. The van der Waals surface area contributed by atoms with Gasteiger partial charge in [-0.3, -0.25) is 20.6 Å². The van der Waals surface area contributed by atoms with E-state index in [0.29, 0.717) is 0 Å². The van der Waals surface area contributed by atoms with Gasteiger partial charge in [0.25, 0.3) is 5.91 Å². The zero-order chi connectivity index (χ0) is 12.1. The van der Waals surface area contributed by atoms with Crippen LogP contribution in [0.25, 0.3) is 0 Å². The quantitative estimate of drug-likeness (QED) is 0.784. The molecule has 1 heterocycles. The zero-order valence-electron chi connectivity index (χ0n) is 8.72. The van der Waals surface area contributed by atoms with Gasteiger partial charge in [-0.1, -0.05) is 12.1 Å². The number of rotatable bonds is 3. The number of nitrogens with zero attached hydrogens (tertiary/aromatic N) is 2. The number of halogens is 1. The molecule has 2 rings (SSSR count). The molecule has 6 heteroatoms. The van der Waals surface area contributed by atoms with Crippen LogP contribution in [-0.4, -0.2) is 15.9 Å². The second kappa shape index (κ2) is 5.02. The molecule has 0 aliphatic heterocycles. The maximum absolute atomic E-state index is 13.2. The summed E-state index contributed by atoms with van der Waals surface area (Å²) in [5.41, 5.74) is 5.13. The second-order valence-corrected chi connectivity index (χ2v) is 3.15. The van der Waals surface area contributed by atoms with Crippen LogP contribution in [0.4, 0.5) is 10.1 Å². The average molecular weight is 232 g/mol. The molecule has 0 saturated carbocycles. The molecule has 0 atom stereocenters. The molecule has 0 fully saturated rings. The molecule has 1 aromatic heterocycles. The zero-order valence-corrected chi connectivity index (χ0v) is 8.72. The molecule has 0 unspecified atom stereocenters. The lowest BCUT2D eigenvalue weighted by Crippen LogP contribution is -2.30. The van der Waals surface area contributed by atoms with Crippen LogP contribution >= 0.6 is 0 Å². The molecule has 2 aromatic rings. The minimum absolute atomic E-state index is 0.149. The van der Waals surface area contributed by atoms with Crippen molar-refractivity contribution in [1.29, 1.82) is 0 Å². The van der Waals surface area contributed by atoms with Gasteiger partial charge in [-0.2, -0.15) is 0 Å². The number of hydrogen-bond donors (Lipinski definition) is 2. The molecular weight excluding hydrogens is 223 g/mol. The van der Waals surface area contributed by atoms with Gasteiger partial charge >= 0.3 is 0 Å². The third-order valence-electron chi connectivity index (χ3n) is 1.98. The third kappa shape index (κ3) is 2.75. The van der Waals surface area contributed by atoms with E-state index in [0.717, 1.165) is 0 Å². The molecule has 0 saturated heterocycles. The summed E-state index contributed by atoms with van der Waals surface area (Å²) in [7, 11) is 0. The van der Waals surface area contributed by atoms with Crippen LogP contribution in [0.5, 0.6) is 0 Å². The molecule has 0 aliphatic carbocycles. The fraction of sp³-hybridized carbons (Fsp3) is 0. The Kier molecular flexibility index (Phi) is 3.25. The standard InChI is InChI=1S/C11H9FN4O/c12-8-3-1-2-4-9(8)15-16-11(17)10-7-13-5-6-14-10/h1-7,15H,(H,16,17). The summed E-state index contributed by atoms with van der Waals surface area (Å²) >= 11 is 0. The number of benzene rings is 1. The van der Waals surface area contributed by atoms with Crippen molar-refractivity contribution in [1.82, 2.24) is 15.4 Å². The van der Waals surface area contributed by atoms with E-state index in [-0.39, 0.29) is 11.4 Å². The SMILES string of the molecule is O=C(NNc1ccccc1F)c1cnccn1. The van der Waals surface area contributed by atoms with Crippen molar-refractivity contribution in [3.8, 4) is 0 Å². The van der Waals surface area contributed by atoms with Crippen molar-refractivity contribution in [2.75, 3.05) is 5.43 Å². The lowest BCUT2D eigenvalue weighted by molar-refractivity contribution is 0.0957. The van der Waals surface area contributed by atoms with E-state index in [1.807, 2.05) is 0 Å². The second-order valence-electron chi connectivity index (χ2n) is 3.15. The maximum Gasteiger partial charge on any atom is 0.289 e. The van der Waals surface area contributed by atoms with Crippen molar-refractivity contribution in [2.24, 2.45) is 0 Å². The highest BCUT2D eigenvalue weighted by molar-refractivity contribution is 5.92. The summed E-state index contributed by atoms with van der Waals surface area (Å²) in [6.45, 7) is 0. The third-order valence-corrected chi connectivity index (χ3v) is 1.98. The Labute approximate surface area is 96.7 Å².